The minimum absolute atomic E-state index is 0.245. The van der Waals surface area contributed by atoms with Crippen LogP contribution in [0.2, 0.25) is 0 Å². The van der Waals surface area contributed by atoms with Gasteiger partial charge in [-0.2, -0.15) is 0 Å². The summed E-state index contributed by atoms with van der Waals surface area (Å²) < 4.78 is 0. The molecule has 1 heterocycles. The van der Waals surface area contributed by atoms with Crippen LogP contribution in [0.1, 0.15) is 36.3 Å². The molecule has 3 atom stereocenters. The van der Waals surface area contributed by atoms with Gasteiger partial charge in [-0.05, 0) is 37.3 Å². The average Bonchev–Trinajstić information content (AvgIpc) is 3.10. The van der Waals surface area contributed by atoms with E-state index in [2.05, 4.69) is 6.58 Å². The fraction of sp³-hybridized carbons (Fsp3) is 0.300. The molecule has 0 saturated carbocycles. The molecule has 3 nitrogen and oxygen atoms in total. The second-order valence-electron chi connectivity index (χ2n) is 5.93. The number of phenolic OH excluding ortho intramolecular Hbond substituents is 1. The number of aliphatic hydroxyl groups excluding tert-OH is 2. The summed E-state index contributed by atoms with van der Waals surface area (Å²) in [7, 11) is 0. The summed E-state index contributed by atoms with van der Waals surface area (Å²) in [6, 6.07) is 10.9. The lowest BCUT2D eigenvalue weighted by molar-refractivity contribution is 0.0337. The van der Waals surface area contributed by atoms with Gasteiger partial charge in [-0.1, -0.05) is 42.0 Å². The van der Waals surface area contributed by atoms with E-state index in [0.29, 0.717) is 12.8 Å². The number of allylic oxidation sites excluding steroid dienone is 1. The van der Waals surface area contributed by atoms with Gasteiger partial charge in [-0.15, -0.1) is 17.9 Å². The minimum atomic E-state index is -0.736. The summed E-state index contributed by atoms with van der Waals surface area (Å²) in [4.78, 5) is 0.834. The molecule has 0 bridgehead atoms. The second kappa shape index (κ2) is 8.83. The maximum atomic E-state index is 10.4. The van der Waals surface area contributed by atoms with Gasteiger partial charge in [0.1, 0.15) is 5.75 Å². The first kappa shape index (κ1) is 18.5. The number of para-hydroxylation sites is 1. The number of rotatable bonds is 8. The Bertz CT molecular complexity index is 676. The smallest absolute Gasteiger partial charge is 0.122 e. The Hall–Kier alpha value is -1.88. The molecule has 128 valence electrons. The maximum absolute atomic E-state index is 10.4. The number of benzene rings is 1. The van der Waals surface area contributed by atoms with E-state index in [0.717, 1.165) is 16.0 Å². The molecule has 0 radical (unpaired) electrons. The molecule has 4 heteroatoms. The van der Waals surface area contributed by atoms with E-state index in [1.54, 1.807) is 18.2 Å². The lowest BCUT2D eigenvalue weighted by atomic mass is 9.90. The fourth-order valence-electron chi connectivity index (χ4n) is 2.66. The van der Waals surface area contributed by atoms with E-state index >= 15 is 0 Å². The third-order valence-corrected chi connectivity index (χ3v) is 5.03. The highest BCUT2D eigenvalue weighted by atomic mass is 32.1. The molecule has 0 aliphatic carbocycles. The van der Waals surface area contributed by atoms with E-state index in [4.69, 9.17) is 0 Å². The molecule has 0 fully saturated rings. The van der Waals surface area contributed by atoms with Gasteiger partial charge in [0.15, 0.2) is 0 Å². The van der Waals surface area contributed by atoms with Crippen molar-refractivity contribution in [3.63, 3.8) is 0 Å². The van der Waals surface area contributed by atoms with Crippen molar-refractivity contribution in [1.82, 2.24) is 0 Å². The molecule has 1 aromatic carbocycles. The summed E-state index contributed by atoms with van der Waals surface area (Å²) in [6.07, 6.45) is 3.33. The molecule has 0 saturated heterocycles. The lowest BCUT2D eigenvalue weighted by Crippen LogP contribution is -2.24. The van der Waals surface area contributed by atoms with Gasteiger partial charge in [-0.3, -0.25) is 0 Å². The Balaban J connectivity index is 1.97. The van der Waals surface area contributed by atoms with Crippen LogP contribution in [0.15, 0.2) is 60.0 Å². The Morgan fingerprint density at radius 2 is 1.96 bits per heavy atom. The van der Waals surface area contributed by atoms with Gasteiger partial charge in [0.2, 0.25) is 0 Å². The molecule has 0 amide bonds. The number of aromatic hydroxyl groups is 1. The summed E-state index contributed by atoms with van der Waals surface area (Å²) in [5.41, 5.74) is 1.83. The lowest BCUT2D eigenvalue weighted by Gasteiger charge is -2.24. The summed E-state index contributed by atoms with van der Waals surface area (Å²) in [6.45, 7) is 5.73. The largest absolute Gasteiger partial charge is 0.507 e. The first-order valence-electron chi connectivity index (χ1n) is 8.00. The molecule has 24 heavy (non-hydrogen) atoms. The Labute approximate surface area is 147 Å². The zero-order chi connectivity index (χ0) is 17.5. The summed E-state index contributed by atoms with van der Waals surface area (Å²) in [5, 5.41) is 32.6. The first-order chi connectivity index (χ1) is 11.5. The SMILES string of the molecule is C=C[C@H]([C@H](O)CC/C(C)=C/c1ccccc1O)[C@H](O)c1cccs1. The number of aliphatic hydroxyl groups is 2. The van der Waals surface area contributed by atoms with Crippen molar-refractivity contribution in [2.45, 2.75) is 32.0 Å². The van der Waals surface area contributed by atoms with Crippen molar-refractivity contribution in [3.05, 3.63) is 70.4 Å². The quantitative estimate of drug-likeness (QED) is 0.616. The molecule has 0 aliphatic heterocycles. The number of phenols is 1. The molecule has 1 aromatic heterocycles. The van der Waals surface area contributed by atoms with Crippen molar-refractivity contribution in [1.29, 1.82) is 0 Å². The minimum Gasteiger partial charge on any atom is -0.507 e. The van der Waals surface area contributed by atoms with Crippen LogP contribution in [0.25, 0.3) is 6.08 Å². The molecule has 0 spiro atoms. The predicted octanol–water partition coefficient (Wildman–Crippen LogP) is 4.53. The van der Waals surface area contributed by atoms with Gasteiger partial charge < -0.3 is 15.3 Å². The maximum Gasteiger partial charge on any atom is 0.122 e. The van der Waals surface area contributed by atoms with Crippen molar-refractivity contribution < 1.29 is 15.3 Å². The molecular formula is C20H24O3S. The number of hydrogen-bond donors (Lipinski definition) is 3. The van der Waals surface area contributed by atoms with Crippen molar-refractivity contribution in [2.24, 2.45) is 5.92 Å². The number of thiophene rings is 1. The fourth-order valence-corrected chi connectivity index (χ4v) is 3.43. The van der Waals surface area contributed by atoms with Crippen LogP contribution in [-0.2, 0) is 0 Å². The standard InChI is InChI=1S/C20H24O3S/c1-3-16(20(23)19-9-6-12-24-19)18(22)11-10-14(2)13-15-7-4-5-8-17(15)21/h3-9,12-13,16,18,20-23H,1,10-11H2,2H3/b14-13+/t16-,18-,20+/m1/s1. The van der Waals surface area contributed by atoms with Crippen LogP contribution in [0, 0.1) is 5.92 Å². The predicted molar refractivity (Wildman–Crippen MR) is 100.0 cm³/mol. The van der Waals surface area contributed by atoms with Crippen molar-refractivity contribution in [3.8, 4) is 5.75 Å². The van der Waals surface area contributed by atoms with Crippen molar-refractivity contribution >= 4 is 17.4 Å². The van der Waals surface area contributed by atoms with Crippen LogP contribution in [-0.4, -0.2) is 21.4 Å². The van der Waals surface area contributed by atoms with Crippen LogP contribution in [0.4, 0.5) is 0 Å². The van der Waals surface area contributed by atoms with E-state index < -0.39 is 18.1 Å². The van der Waals surface area contributed by atoms with E-state index in [9.17, 15) is 15.3 Å². The molecule has 3 N–H and O–H groups in total. The normalized spacial score (nSPS) is 15.7. The third kappa shape index (κ3) is 4.81. The van der Waals surface area contributed by atoms with Gasteiger partial charge in [-0.25, -0.2) is 0 Å². The highest BCUT2D eigenvalue weighted by molar-refractivity contribution is 7.10. The van der Waals surface area contributed by atoms with Gasteiger partial charge >= 0.3 is 0 Å². The Morgan fingerprint density at radius 1 is 1.21 bits per heavy atom. The van der Waals surface area contributed by atoms with Crippen molar-refractivity contribution in [2.75, 3.05) is 0 Å². The first-order valence-corrected chi connectivity index (χ1v) is 8.88. The van der Waals surface area contributed by atoms with E-state index in [1.807, 2.05) is 42.6 Å². The monoisotopic (exact) mass is 344 g/mol. The van der Waals surface area contributed by atoms with Gasteiger partial charge in [0.05, 0.1) is 12.2 Å². The zero-order valence-electron chi connectivity index (χ0n) is 13.8. The van der Waals surface area contributed by atoms with E-state index in [-0.39, 0.29) is 5.75 Å². The average molecular weight is 344 g/mol. The van der Waals surface area contributed by atoms with Gasteiger partial charge in [0, 0.05) is 16.4 Å². The van der Waals surface area contributed by atoms with E-state index in [1.165, 1.54) is 11.3 Å². The zero-order valence-corrected chi connectivity index (χ0v) is 14.6. The molecular weight excluding hydrogens is 320 g/mol. The van der Waals surface area contributed by atoms with Gasteiger partial charge in [0.25, 0.3) is 0 Å². The Morgan fingerprint density at radius 3 is 2.58 bits per heavy atom. The highest BCUT2D eigenvalue weighted by Crippen LogP contribution is 2.31. The molecule has 2 aromatic rings. The molecule has 0 aliphatic rings. The topological polar surface area (TPSA) is 60.7 Å². The van der Waals surface area contributed by atoms with Crippen LogP contribution in [0.5, 0.6) is 5.75 Å². The molecule has 2 rings (SSSR count). The number of hydrogen-bond acceptors (Lipinski definition) is 4. The van der Waals surface area contributed by atoms with Crippen LogP contribution < -0.4 is 0 Å². The highest BCUT2D eigenvalue weighted by Gasteiger charge is 2.25. The molecule has 0 unspecified atom stereocenters. The van der Waals surface area contributed by atoms with Crippen LogP contribution in [0.3, 0.4) is 0 Å². The third-order valence-electron chi connectivity index (χ3n) is 4.09. The van der Waals surface area contributed by atoms with Crippen LogP contribution >= 0.6 is 11.3 Å². The Kier molecular flexibility index (Phi) is 6.79. The summed E-state index contributed by atoms with van der Waals surface area (Å²) >= 11 is 1.47. The second-order valence-corrected chi connectivity index (χ2v) is 6.91. The summed E-state index contributed by atoms with van der Waals surface area (Å²) in [5.74, 6) is -0.156.